The Kier molecular flexibility index (Phi) is 2.36. The summed E-state index contributed by atoms with van der Waals surface area (Å²) in [6.45, 7) is 0. The number of hydrogen-bond acceptors (Lipinski definition) is 0. The van der Waals surface area contributed by atoms with Crippen molar-refractivity contribution in [2.75, 3.05) is 0 Å². The van der Waals surface area contributed by atoms with Gasteiger partial charge in [-0.1, -0.05) is 36.3 Å². The molecule has 0 aliphatic carbocycles. The lowest BCUT2D eigenvalue weighted by atomic mass is 10.2. The molecule has 50 valence electrons. The third-order valence-corrected chi connectivity index (χ3v) is 1.62. The van der Waals surface area contributed by atoms with Crippen LogP contribution in [-0.4, -0.2) is 0 Å². The zero-order chi connectivity index (χ0) is 7.40. The van der Waals surface area contributed by atoms with Gasteiger partial charge in [0.05, 0.1) is 0 Å². The molecule has 1 aromatic rings. The van der Waals surface area contributed by atoms with Crippen LogP contribution in [0.2, 0.25) is 0 Å². The van der Waals surface area contributed by atoms with Crippen LogP contribution in [0.3, 0.4) is 0 Å². The van der Waals surface area contributed by atoms with Gasteiger partial charge in [0.1, 0.15) is 5.38 Å². The number of alkyl halides is 1. The lowest BCUT2D eigenvalue weighted by molar-refractivity contribution is 1.26. The zero-order valence-electron chi connectivity index (χ0n) is 5.42. The molecule has 1 heteroatoms. The Hall–Kier alpha value is -0.930. The number of rotatable bonds is 1. The van der Waals surface area contributed by atoms with E-state index in [2.05, 4.69) is 5.92 Å². The smallest absolute Gasteiger partial charge is 0.118 e. The van der Waals surface area contributed by atoms with E-state index in [1.54, 1.807) is 0 Å². The van der Waals surface area contributed by atoms with Crippen LogP contribution < -0.4 is 0 Å². The number of hydrogen-bond donors (Lipinski definition) is 0. The van der Waals surface area contributed by atoms with Crippen LogP contribution in [-0.2, 0) is 0 Å². The lowest BCUT2D eigenvalue weighted by Crippen LogP contribution is -1.83. The largest absolute Gasteiger partial charge is 0.119 e. The van der Waals surface area contributed by atoms with E-state index in [4.69, 9.17) is 18.0 Å². The number of benzene rings is 1. The van der Waals surface area contributed by atoms with Gasteiger partial charge in [0, 0.05) is 0 Å². The Morgan fingerprint density at radius 2 is 1.90 bits per heavy atom. The minimum Gasteiger partial charge on any atom is -0.118 e. The summed E-state index contributed by atoms with van der Waals surface area (Å²) in [5.74, 6) is 2.45. The van der Waals surface area contributed by atoms with Crippen LogP contribution in [0, 0.1) is 12.3 Å². The lowest BCUT2D eigenvalue weighted by Gasteiger charge is -1.98. The Balaban J connectivity index is 2.88. The Morgan fingerprint density at radius 1 is 1.30 bits per heavy atom. The van der Waals surface area contributed by atoms with Crippen molar-refractivity contribution in [2.45, 2.75) is 5.38 Å². The molecule has 0 radical (unpaired) electrons. The third-order valence-electron chi connectivity index (χ3n) is 1.24. The van der Waals surface area contributed by atoms with Gasteiger partial charge in [-0.05, 0) is 5.56 Å². The van der Waals surface area contributed by atoms with E-state index in [0.717, 1.165) is 5.56 Å². The molecule has 0 unspecified atom stereocenters. The van der Waals surface area contributed by atoms with Gasteiger partial charge in [-0.3, -0.25) is 0 Å². The monoisotopic (exact) mass is 150 g/mol. The molecule has 0 bridgehead atoms. The molecule has 1 rings (SSSR count). The summed E-state index contributed by atoms with van der Waals surface area (Å²) in [6, 6.07) is 9.60. The Bertz CT molecular complexity index is 233. The molecule has 0 nitrogen and oxygen atoms in total. The number of halogens is 1. The fourth-order valence-electron chi connectivity index (χ4n) is 0.718. The van der Waals surface area contributed by atoms with E-state index in [9.17, 15) is 0 Å². The van der Waals surface area contributed by atoms with Crippen LogP contribution in [0.4, 0.5) is 0 Å². The standard InChI is InChI=1S/C9H7Cl/c1-2-9(10)8-6-4-3-5-7-8/h1,3-7,9H/t9-/m1/s1. The van der Waals surface area contributed by atoms with Crippen molar-refractivity contribution in [3.63, 3.8) is 0 Å². The quantitative estimate of drug-likeness (QED) is 0.427. The van der Waals surface area contributed by atoms with E-state index in [1.807, 2.05) is 30.3 Å². The first-order valence-corrected chi connectivity index (χ1v) is 3.43. The molecule has 0 saturated carbocycles. The molecule has 10 heavy (non-hydrogen) atoms. The van der Waals surface area contributed by atoms with Crippen molar-refractivity contribution in [3.8, 4) is 12.3 Å². The van der Waals surface area contributed by atoms with Crippen LogP contribution >= 0.6 is 11.6 Å². The molecule has 0 amide bonds. The van der Waals surface area contributed by atoms with Crippen LogP contribution in [0.15, 0.2) is 30.3 Å². The van der Waals surface area contributed by atoms with Crippen LogP contribution in [0.25, 0.3) is 0 Å². The first kappa shape index (κ1) is 7.18. The zero-order valence-corrected chi connectivity index (χ0v) is 6.18. The first-order valence-electron chi connectivity index (χ1n) is 2.99. The van der Waals surface area contributed by atoms with Crippen LogP contribution in [0.1, 0.15) is 10.9 Å². The summed E-state index contributed by atoms with van der Waals surface area (Å²) in [7, 11) is 0. The Labute approximate surface area is 65.8 Å². The van der Waals surface area contributed by atoms with Crippen molar-refractivity contribution in [1.29, 1.82) is 0 Å². The molecule has 0 saturated heterocycles. The van der Waals surface area contributed by atoms with Crippen molar-refractivity contribution >= 4 is 11.6 Å². The maximum atomic E-state index is 5.75. The molecule has 0 N–H and O–H groups in total. The topological polar surface area (TPSA) is 0 Å². The van der Waals surface area contributed by atoms with Crippen molar-refractivity contribution in [1.82, 2.24) is 0 Å². The summed E-state index contributed by atoms with van der Waals surface area (Å²) >= 11 is 5.75. The predicted octanol–water partition coefficient (Wildman–Crippen LogP) is 2.60. The van der Waals surface area contributed by atoms with Gasteiger partial charge in [-0.25, -0.2) is 0 Å². The highest BCUT2D eigenvalue weighted by atomic mass is 35.5. The summed E-state index contributed by atoms with van der Waals surface area (Å²) in [4.78, 5) is 0. The maximum Gasteiger partial charge on any atom is 0.119 e. The van der Waals surface area contributed by atoms with E-state index < -0.39 is 0 Å². The SMILES string of the molecule is C#C[C@@H](Cl)c1ccccc1. The van der Waals surface area contributed by atoms with E-state index in [1.165, 1.54) is 0 Å². The van der Waals surface area contributed by atoms with Gasteiger partial charge < -0.3 is 0 Å². The molecule has 0 aliphatic rings. The molecular weight excluding hydrogens is 144 g/mol. The van der Waals surface area contributed by atoms with Crippen molar-refractivity contribution in [3.05, 3.63) is 35.9 Å². The second-order valence-electron chi connectivity index (χ2n) is 1.94. The maximum absolute atomic E-state index is 5.75. The fraction of sp³-hybridized carbons (Fsp3) is 0.111. The summed E-state index contributed by atoms with van der Waals surface area (Å²) in [5.41, 5.74) is 0.978. The summed E-state index contributed by atoms with van der Waals surface area (Å²) in [6.07, 6.45) is 5.12. The highest BCUT2D eigenvalue weighted by Crippen LogP contribution is 2.17. The van der Waals surface area contributed by atoms with E-state index >= 15 is 0 Å². The fourth-order valence-corrected chi connectivity index (χ4v) is 0.864. The van der Waals surface area contributed by atoms with Gasteiger partial charge in [-0.15, -0.1) is 18.0 Å². The highest BCUT2D eigenvalue weighted by molar-refractivity contribution is 6.22. The molecule has 0 fully saturated rings. The normalized spacial score (nSPS) is 12.0. The summed E-state index contributed by atoms with van der Waals surface area (Å²) < 4.78 is 0. The van der Waals surface area contributed by atoms with Gasteiger partial charge >= 0.3 is 0 Å². The summed E-state index contributed by atoms with van der Waals surface area (Å²) in [5, 5.41) is -0.291. The minimum absolute atomic E-state index is 0.291. The average Bonchev–Trinajstić information content (AvgIpc) is 2.05. The first-order chi connectivity index (χ1) is 4.84. The molecular formula is C9H7Cl. The molecule has 1 atom stereocenters. The van der Waals surface area contributed by atoms with Gasteiger partial charge in [0.25, 0.3) is 0 Å². The third kappa shape index (κ3) is 1.52. The molecule has 0 heterocycles. The number of terminal acetylenes is 1. The van der Waals surface area contributed by atoms with E-state index in [-0.39, 0.29) is 5.38 Å². The second kappa shape index (κ2) is 3.29. The van der Waals surface area contributed by atoms with Gasteiger partial charge in [0.15, 0.2) is 0 Å². The van der Waals surface area contributed by atoms with Crippen molar-refractivity contribution < 1.29 is 0 Å². The Morgan fingerprint density at radius 3 is 2.40 bits per heavy atom. The van der Waals surface area contributed by atoms with Gasteiger partial charge in [0.2, 0.25) is 0 Å². The molecule has 0 aliphatic heterocycles. The highest BCUT2D eigenvalue weighted by Gasteiger charge is 1.99. The molecule has 1 aromatic carbocycles. The predicted molar refractivity (Wildman–Crippen MR) is 43.9 cm³/mol. The van der Waals surface area contributed by atoms with Crippen molar-refractivity contribution in [2.24, 2.45) is 0 Å². The van der Waals surface area contributed by atoms with E-state index in [0.29, 0.717) is 0 Å². The molecule has 0 aromatic heterocycles. The minimum atomic E-state index is -0.291. The molecule has 0 spiro atoms. The van der Waals surface area contributed by atoms with Crippen LogP contribution in [0.5, 0.6) is 0 Å². The average molecular weight is 151 g/mol. The second-order valence-corrected chi connectivity index (χ2v) is 2.38. The van der Waals surface area contributed by atoms with Gasteiger partial charge in [-0.2, -0.15) is 0 Å².